The molecule has 0 saturated carbocycles. The fraction of sp³-hybridized carbons (Fsp3) is 0.167. The monoisotopic (exact) mass is 354 g/mol. The van der Waals surface area contributed by atoms with Crippen LogP contribution in [0.25, 0.3) is 11.5 Å². The van der Waals surface area contributed by atoms with Crippen LogP contribution in [0.5, 0.6) is 11.5 Å². The normalized spacial score (nSPS) is 11.0. The number of phenolic OH excluding ortho intramolecular Hbond substituents is 1. The zero-order valence-corrected chi connectivity index (χ0v) is 14.3. The summed E-state index contributed by atoms with van der Waals surface area (Å²) in [7, 11) is 0. The van der Waals surface area contributed by atoms with Gasteiger partial charge in [-0.15, -0.1) is 0 Å². The van der Waals surface area contributed by atoms with Crippen molar-refractivity contribution in [2.24, 2.45) is 5.10 Å². The molecule has 0 atom stereocenters. The van der Waals surface area contributed by atoms with E-state index in [9.17, 15) is 9.90 Å². The van der Waals surface area contributed by atoms with Crippen molar-refractivity contribution in [3.63, 3.8) is 0 Å². The first-order chi connectivity index (χ1) is 12.6. The first-order valence-electron chi connectivity index (χ1n) is 7.98. The Morgan fingerprint density at radius 3 is 2.96 bits per heavy atom. The van der Waals surface area contributed by atoms with E-state index >= 15 is 0 Å². The van der Waals surface area contributed by atoms with Crippen LogP contribution in [0, 0.1) is 6.92 Å². The third-order valence-corrected chi connectivity index (χ3v) is 3.48. The number of rotatable bonds is 6. The molecule has 26 heavy (non-hydrogen) atoms. The predicted octanol–water partition coefficient (Wildman–Crippen LogP) is 2.85. The summed E-state index contributed by atoms with van der Waals surface area (Å²) in [6, 6.07) is 9.98. The number of hydrazone groups is 1. The van der Waals surface area contributed by atoms with Gasteiger partial charge in [0.25, 0.3) is 5.91 Å². The van der Waals surface area contributed by atoms with Crippen molar-refractivity contribution in [3.8, 4) is 23.0 Å². The van der Waals surface area contributed by atoms with Gasteiger partial charge in [0.2, 0.25) is 0 Å². The lowest BCUT2D eigenvalue weighted by atomic mass is 10.2. The number of aromatic amines is 1. The van der Waals surface area contributed by atoms with Gasteiger partial charge in [-0.05, 0) is 49.7 Å². The van der Waals surface area contributed by atoms with Gasteiger partial charge in [0.15, 0.2) is 23.0 Å². The average molecular weight is 354 g/mol. The number of hydrogen-bond donors (Lipinski definition) is 3. The molecule has 0 radical (unpaired) electrons. The third kappa shape index (κ3) is 3.92. The molecule has 3 rings (SSSR count). The predicted molar refractivity (Wildman–Crippen MR) is 95.4 cm³/mol. The molecule has 0 bridgehead atoms. The van der Waals surface area contributed by atoms with Gasteiger partial charge >= 0.3 is 0 Å². The van der Waals surface area contributed by atoms with Crippen molar-refractivity contribution in [2.75, 3.05) is 6.61 Å². The molecule has 0 unspecified atom stereocenters. The number of ether oxygens (including phenoxy) is 1. The van der Waals surface area contributed by atoms with Crippen LogP contribution in [-0.4, -0.2) is 34.0 Å². The summed E-state index contributed by atoms with van der Waals surface area (Å²) in [6.45, 7) is 4.09. The number of phenols is 1. The van der Waals surface area contributed by atoms with Crippen molar-refractivity contribution >= 4 is 12.1 Å². The molecule has 8 heteroatoms. The molecule has 3 aromatic rings. The number of benzene rings is 1. The molecular formula is C18H18N4O4. The molecule has 0 aliphatic rings. The highest BCUT2D eigenvalue weighted by Crippen LogP contribution is 2.26. The first kappa shape index (κ1) is 17.3. The van der Waals surface area contributed by atoms with Crippen molar-refractivity contribution < 1.29 is 19.1 Å². The summed E-state index contributed by atoms with van der Waals surface area (Å²) in [6.07, 6.45) is 1.45. The fourth-order valence-corrected chi connectivity index (χ4v) is 2.25. The minimum Gasteiger partial charge on any atom is -0.504 e. The summed E-state index contributed by atoms with van der Waals surface area (Å²) < 4.78 is 10.8. The Kier molecular flexibility index (Phi) is 5.02. The van der Waals surface area contributed by atoms with Gasteiger partial charge in [0.1, 0.15) is 11.5 Å². The second-order valence-electron chi connectivity index (χ2n) is 5.44. The SMILES string of the molecule is CCOc1cc(/C=N/NC(=O)c2cc(-c3ccc(C)o3)[nH]n2)ccc1O. The highest BCUT2D eigenvalue weighted by molar-refractivity contribution is 5.94. The Labute approximate surface area is 149 Å². The van der Waals surface area contributed by atoms with Crippen LogP contribution in [0.1, 0.15) is 28.7 Å². The number of furan rings is 1. The lowest BCUT2D eigenvalue weighted by molar-refractivity contribution is 0.0950. The topological polar surface area (TPSA) is 113 Å². The Balaban J connectivity index is 1.64. The number of aromatic nitrogens is 2. The fourth-order valence-electron chi connectivity index (χ4n) is 2.25. The summed E-state index contributed by atoms with van der Waals surface area (Å²) in [5, 5.41) is 20.3. The molecule has 1 amide bonds. The van der Waals surface area contributed by atoms with Gasteiger partial charge < -0.3 is 14.3 Å². The number of carbonyl (C=O) groups excluding carboxylic acids is 1. The Bertz CT molecular complexity index is 942. The van der Waals surface area contributed by atoms with Crippen LogP contribution in [0.3, 0.4) is 0 Å². The number of H-pyrrole nitrogens is 1. The molecule has 0 aliphatic heterocycles. The van der Waals surface area contributed by atoms with E-state index in [2.05, 4.69) is 20.7 Å². The number of nitrogens with zero attached hydrogens (tertiary/aromatic N) is 2. The van der Waals surface area contributed by atoms with Crippen LogP contribution >= 0.6 is 0 Å². The van der Waals surface area contributed by atoms with Crippen molar-refractivity contribution in [2.45, 2.75) is 13.8 Å². The summed E-state index contributed by atoms with van der Waals surface area (Å²) in [5.41, 5.74) is 3.86. The molecule has 0 aliphatic carbocycles. The van der Waals surface area contributed by atoms with Crippen LogP contribution in [0.2, 0.25) is 0 Å². The molecule has 3 N–H and O–H groups in total. The van der Waals surface area contributed by atoms with Gasteiger partial charge in [-0.25, -0.2) is 5.43 Å². The minimum absolute atomic E-state index is 0.0465. The second-order valence-corrected chi connectivity index (χ2v) is 5.44. The molecule has 0 fully saturated rings. The van der Waals surface area contributed by atoms with Crippen molar-refractivity contribution in [1.82, 2.24) is 15.6 Å². The van der Waals surface area contributed by atoms with Gasteiger partial charge in [-0.1, -0.05) is 0 Å². The van der Waals surface area contributed by atoms with Gasteiger partial charge in [0, 0.05) is 6.07 Å². The standard InChI is InChI=1S/C18H18N4O4/c1-3-25-17-8-12(5-6-15(17)23)10-19-22-18(24)14-9-13(20-21-14)16-7-4-11(2)26-16/h4-10,23H,3H2,1-2H3,(H,20,21)(H,22,24)/b19-10+. The lowest BCUT2D eigenvalue weighted by Gasteiger charge is -2.05. The van der Waals surface area contributed by atoms with Crippen molar-refractivity contribution in [3.05, 3.63) is 53.4 Å². The van der Waals surface area contributed by atoms with E-state index < -0.39 is 5.91 Å². The maximum Gasteiger partial charge on any atom is 0.291 e. The van der Waals surface area contributed by atoms with E-state index in [0.717, 1.165) is 5.76 Å². The zero-order valence-electron chi connectivity index (χ0n) is 14.3. The average Bonchev–Trinajstić information content (AvgIpc) is 3.27. The highest BCUT2D eigenvalue weighted by atomic mass is 16.5. The molecule has 2 heterocycles. The third-order valence-electron chi connectivity index (χ3n) is 3.48. The van der Waals surface area contributed by atoms with Crippen LogP contribution in [0.15, 0.2) is 45.9 Å². The van der Waals surface area contributed by atoms with Crippen LogP contribution < -0.4 is 10.2 Å². The molecule has 8 nitrogen and oxygen atoms in total. The smallest absolute Gasteiger partial charge is 0.291 e. The lowest BCUT2D eigenvalue weighted by Crippen LogP contribution is -2.18. The molecule has 0 saturated heterocycles. The maximum absolute atomic E-state index is 12.1. The van der Waals surface area contributed by atoms with Gasteiger partial charge in [-0.3, -0.25) is 9.89 Å². The molecular weight excluding hydrogens is 336 g/mol. The van der Waals surface area contributed by atoms with Crippen molar-refractivity contribution in [1.29, 1.82) is 0 Å². The number of aromatic hydroxyl groups is 1. The second kappa shape index (κ2) is 7.56. The zero-order chi connectivity index (χ0) is 18.5. The van der Waals surface area contributed by atoms with Crippen LogP contribution in [0.4, 0.5) is 0 Å². The van der Waals surface area contributed by atoms with E-state index in [1.165, 1.54) is 12.3 Å². The van der Waals surface area contributed by atoms with Gasteiger partial charge in [0.05, 0.1) is 12.8 Å². The minimum atomic E-state index is -0.462. The number of amides is 1. The molecule has 134 valence electrons. The Morgan fingerprint density at radius 1 is 1.38 bits per heavy atom. The molecule has 0 spiro atoms. The Hall–Kier alpha value is -3.55. The summed E-state index contributed by atoms with van der Waals surface area (Å²) >= 11 is 0. The van der Waals surface area contributed by atoms with E-state index in [1.54, 1.807) is 24.3 Å². The molecule has 1 aromatic carbocycles. The van der Waals surface area contributed by atoms with Crippen LogP contribution in [-0.2, 0) is 0 Å². The highest BCUT2D eigenvalue weighted by Gasteiger charge is 2.12. The number of nitrogens with one attached hydrogen (secondary N) is 2. The van der Waals surface area contributed by atoms with Gasteiger partial charge in [-0.2, -0.15) is 10.2 Å². The quantitative estimate of drug-likeness (QED) is 0.465. The number of aryl methyl sites for hydroxylation is 1. The van der Waals surface area contributed by atoms with E-state index in [0.29, 0.717) is 29.4 Å². The Morgan fingerprint density at radius 2 is 2.23 bits per heavy atom. The van der Waals surface area contributed by atoms with E-state index in [-0.39, 0.29) is 11.4 Å². The summed E-state index contributed by atoms with van der Waals surface area (Å²) in [4.78, 5) is 12.1. The van der Waals surface area contributed by atoms with E-state index in [1.807, 2.05) is 19.9 Å². The largest absolute Gasteiger partial charge is 0.504 e. The maximum atomic E-state index is 12.1. The van der Waals surface area contributed by atoms with E-state index in [4.69, 9.17) is 9.15 Å². The number of carbonyl (C=O) groups is 1. The summed E-state index contributed by atoms with van der Waals surface area (Å²) in [5.74, 6) is 1.31. The molecule has 2 aromatic heterocycles. The first-order valence-corrected chi connectivity index (χ1v) is 7.98. The number of hydrogen-bond acceptors (Lipinski definition) is 6.